The van der Waals surface area contributed by atoms with Gasteiger partial charge in [-0.05, 0) is 30.0 Å². The molecule has 2 N–H and O–H groups in total. The van der Waals surface area contributed by atoms with Crippen LogP contribution in [0, 0.1) is 0 Å². The first-order valence-corrected chi connectivity index (χ1v) is 9.00. The quantitative estimate of drug-likeness (QED) is 0.908. The molecule has 0 saturated carbocycles. The van der Waals surface area contributed by atoms with Crippen molar-refractivity contribution >= 4 is 0 Å². The SMILES string of the molecule is C[C@H]1C[C@H](N[C@@H]2c3ccccc3C[C@@H]2O)CN1Cc1ccccc1. The van der Waals surface area contributed by atoms with Gasteiger partial charge in [-0.2, -0.15) is 0 Å². The van der Waals surface area contributed by atoms with Gasteiger partial charge in [-0.25, -0.2) is 0 Å². The van der Waals surface area contributed by atoms with Crippen LogP contribution >= 0.6 is 0 Å². The van der Waals surface area contributed by atoms with Crippen LogP contribution < -0.4 is 5.32 Å². The summed E-state index contributed by atoms with van der Waals surface area (Å²) in [4.78, 5) is 2.54. The molecule has 1 heterocycles. The van der Waals surface area contributed by atoms with Crippen LogP contribution in [0.1, 0.15) is 36.1 Å². The third kappa shape index (κ3) is 3.12. The topological polar surface area (TPSA) is 35.5 Å². The summed E-state index contributed by atoms with van der Waals surface area (Å²) in [7, 11) is 0. The van der Waals surface area contributed by atoms with Crippen LogP contribution in [-0.4, -0.2) is 34.7 Å². The molecule has 0 unspecified atom stereocenters. The number of nitrogens with zero attached hydrogens (tertiary/aromatic N) is 1. The zero-order chi connectivity index (χ0) is 16.5. The van der Waals surface area contributed by atoms with Gasteiger partial charge in [0.2, 0.25) is 0 Å². The summed E-state index contributed by atoms with van der Waals surface area (Å²) >= 11 is 0. The molecule has 1 aliphatic heterocycles. The highest BCUT2D eigenvalue weighted by Gasteiger charge is 2.36. The van der Waals surface area contributed by atoms with Crippen LogP contribution in [0.4, 0.5) is 0 Å². The zero-order valence-electron chi connectivity index (χ0n) is 14.2. The average molecular weight is 322 g/mol. The molecule has 1 saturated heterocycles. The van der Waals surface area contributed by atoms with Gasteiger partial charge in [0.1, 0.15) is 0 Å². The van der Waals surface area contributed by atoms with Gasteiger partial charge in [-0.15, -0.1) is 0 Å². The lowest BCUT2D eigenvalue weighted by Crippen LogP contribution is -2.38. The largest absolute Gasteiger partial charge is 0.391 e. The molecule has 2 aliphatic rings. The van der Waals surface area contributed by atoms with E-state index in [1.54, 1.807) is 0 Å². The lowest BCUT2D eigenvalue weighted by molar-refractivity contribution is 0.134. The van der Waals surface area contributed by atoms with E-state index in [2.05, 4.69) is 71.7 Å². The molecule has 24 heavy (non-hydrogen) atoms. The molecule has 4 rings (SSSR count). The summed E-state index contributed by atoms with van der Waals surface area (Å²) in [5, 5.41) is 14.2. The molecule has 1 fully saturated rings. The van der Waals surface area contributed by atoms with Gasteiger partial charge in [0.05, 0.1) is 12.1 Å². The van der Waals surface area contributed by atoms with Crippen LogP contribution in [-0.2, 0) is 13.0 Å². The summed E-state index contributed by atoms with van der Waals surface area (Å²) in [5.41, 5.74) is 3.94. The standard InChI is InChI=1S/C21H26N2O/c1-15-11-18(14-23(15)13-16-7-3-2-4-8-16)22-21-19-10-6-5-9-17(19)12-20(21)24/h2-10,15,18,20-22,24H,11-14H2,1H3/t15-,18-,20-,21+/m0/s1. The predicted molar refractivity (Wildman–Crippen MR) is 96.7 cm³/mol. The highest BCUT2D eigenvalue weighted by Crippen LogP contribution is 2.33. The van der Waals surface area contributed by atoms with Crippen molar-refractivity contribution in [1.82, 2.24) is 10.2 Å². The monoisotopic (exact) mass is 322 g/mol. The number of benzene rings is 2. The number of nitrogens with one attached hydrogen (secondary N) is 1. The van der Waals surface area contributed by atoms with Gasteiger partial charge >= 0.3 is 0 Å². The van der Waals surface area contributed by atoms with Crippen LogP contribution in [0.5, 0.6) is 0 Å². The van der Waals surface area contributed by atoms with Crippen LogP contribution in [0.3, 0.4) is 0 Å². The average Bonchev–Trinajstić information content (AvgIpc) is 3.09. The molecule has 2 aromatic carbocycles. The number of likely N-dealkylation sites (tertiary alicyclic amines) is 1. The van der Waals surface area contributed by atoms with Crippen molar-refractivity contribution in [1.29, 1.82) is 0 Å². The zero-order valence-corrected chi connectivity index (χ0v) is 14.2. The lowest BCUT2D eigenvalue weighted by atomic mass is 10.1. The van der Waals surface area contributed by atoms with Gasteiger partial charge in [-0.3, -0.25) is 4.90 Å². The summed E-state index contributed by atoms with van der Waals surface area (Å²) in [5.74, 6) is 0. The van der Waals surface area contributed by atoms with E-state index in [0.29, 0.717) is 12.1 Å². The predicted octanol–water partition coefficient (Wildman–Crippen LogP) is 2.90. The van der Waals surface area contributed by atoms with Crippen LogP contribution in [0.2, 0.25) is 0 Å². The number of rotatable bonds is 4. The molecule has 0 spiro atoms. The van der Waals surface area contributed by atoms with E-state index in [1.807, 2.05) is 0 Å². The van der Waals surface area contributed by atoms with Crippen molar-refractivity contribution in [2.24, 2.45) is 0 Å². The Balaban J connectivity index is 1.42. The minimum Gasteiger partial charge on any atom is -0.391 e. The number of fused-ring (bicyclic) bond motifs is 1. The van der Waals surface area contributed by atoms with Gasteiger partial charge in [0.25, 0.3) is 0 Å². The Morgan fingerprint density at radius 3 is 2.67 bits per heavy atom. The fraction of sp³-hybridized carbons (Fsp3) is 0.429. The molecule has 0 amide bonds. The summed E-state index contributed by atoms with van der Waals surface area (Å²) in [6, 6.07) is 20.2. The first-order valence-electron chi connectivity index (χ1n) is 9.00. The van der Waals surface area contributed by atoms with E-state index >= 15 is 0 Å². The van der Waals surface area contributed by atoms with E-state index in [9.17, 15) is 5.11 Å². The first-order chi connectivity index (χ1) is 11.7. The molecule has 0 bridgehead atoms. The van der Waals surface area contributed by atoms with Gasteiger partial charge in [0.15, 0.2) is 0 Å². The van der Waals surface area contributed by atoms with Crippen molar-refractivity contribution in [3.05, 3.63) is 71.3 Å². The second kappa shape index (κ2) is 6.67. The van der Waals surface area contributed by atoms with Gasteiger partial charge in [0, 0.05) is 31.6 Å². The summed E-state index contributed by atoms with van der Waals surface area (Å²) in [6.07, 6.45) is 1.60. The van der Waals surface area contributed by atoms with E-state index < -0.39 is 0 Å². The third-order valence-corrected chi connectivity index (χ3v) is 5.55. The van der Waals surface area contributed by atoms with Crippen molar-refractivity contribution in [3.63, 3.8) is 0 Å². The van der Waals surface area contributed by atoms with Crippen LogP contribution in [0.25, 0.3) is 0 Å². The first kappa shape index (κ1) is 15.8. The normalized spacial score (nSPS) is 29.8. The number of aliphatic hydroxyl groups excluding tert-OH is 1. The third-order valence-electron chi connectivity index (χ3n) is 5.55. The number of hydrogen-bond acceptors (Lipinski definition) is 3. The van der Waals surface area contributed by atoms with Crippen molar-refractivity contribution < 1.29 is 5.11 Å². The maximum Gasteiger partial charge on any atom is 0.0775 e. The Bertz CT molecular complexity index is 687. The molecule has 3 heteroatoms. The molecule has 0 radical (unpaired) electrons. The smallest absolute Gasteiger partial charge is 0.0775 e. The molecule has 126 valence electrons. The minimum absolute atomic E-state index is 0.0788. The fourth-order valence-corrected chi connectivity index (χ4v) is 4.29. The molecule has 1 aliphatic carbocycles. The maximum atomic E-state index is 10.5. The van der Waals surface area contributed by atoms with E-state index in [1.165, 1.54) is 16.7 Å². The summed E-state index contributed by atoms with van der Waals surface area (Å²) in [6.45, 7) is 4.36. The van der Waals surface area contributed by atoms with Crippen molar-refractivity contribution in [3.8, 4) is 0 Å². The number of aliphatic hydroxyl groups is 1. The van der Waals surface area contributed by atoms with Crippen molar-refractivity contribution in [2.45, 2.75) is 50.5 Å². The molecule has 0 aromatic heterocycles. The maximum absolute atomic E-state index is 10.5. The molecular weight excluding hydrogens is 296 g/mol. The summed E-state index contributed by atoms with van der Waals surface area (Å²) < 4.78 is 0. The Hall–Kier alpha value is -1.68. The van der Waals surface area contributed by atoms with E-state index in [0.717, 1.165) is 25.9 Å². The van der Waals surface area contributed by atoms with E-state index in [-0.39, 0.29) is 12.1 Å². The number of hydrogen-bond donors (Lipinski definition) is 2. The lowest BCUT2D eigenvalue weighted by Gasteiger charge is -2.23. The fourth-order valence-electron chi connectivity index (χ4n) is 4.29. The molecule has 3 nitrogen and oxygen atoms in total. The second-order valence-corrected chi connectivity index (χ2v) is 7.31. The second-order valence-electron chi connectivity index (χ2n) is 7.31. The van der Waals surface area contributed by atoms with Gasteiger partial charge < -0.3 is 10.4 Å². The Morgan fingerprint density at radius 1 is 1.08 bits per heavy atom. The Morgan fingerprint density at radius 2 is 1.83 bits per heavy atom. The van der Waals surface area contributed by atoms with Gasteiger partial charge in [-0.1, -0.05) is 54.6 Å². The van der Waals surface area contributed by atoms with Crippen molar-refractivity contribution in [2.75, 3.05) is 6.54 Å². The Kier molecular flexibility index (Phi) is 4.40. The minimum atomic E-state index is -0.305. The molecule has 4 atom stereocenters. The molecular formula is C21H26N2O. The highest BCUT2D eigenvalue weighted by atomic mass is 16.3. The van der Waals surface area contributed by atoms with E-state index in [4.69, 9.17) is 0 Å². The Labute approximate surface area is 144 Å². The van der Waals surface area contributed by atoms with Crippen LogP contribution in [0.15, 0.2) is 54.6 Å². The molecule has 2 aromatic rings. The highest BCUT2D eigenvalue weighted by molar-refractivity contribution is 5.36.